The van der Waals surface area contributed by atoms with Crippen LogP contribution in [0.3, 0.4) is 0 Å². The number of nitrogens with one attached hydrogen (secondary N) is 1. The van der Waals surface area contributed by atoms with Crippen molar-refractivity contribution < 1.29 is 17.9 Å². The van der Waals surface area contributed by atoms with Gasteiger partial charge in [-0.1, -0.05) is 0 Å². The molecule has 3 aliphatic heterocycles. The van der Waals surface area contributed by atoms with Gasteiger partial charge in [0.05, 0.1) is 41.9 Å². The van der Waals surface area contributed by atoms with Crippen LogP contribution in [-0.4, -0.2) is 57.1 Å². The molecule has 9 nitrogen and oxygen atoms in total. The number of aryl methyl sites for hydroxylation is 1. The molecule has 1 amide bonds. The normalized spacial score (nSPS) is 18.7. The fraction of sp³-hybridized carbons (Fsp3) is 0.421. The highest BCUT2D eigenvalue weighted by Crippen LogP contribution is 2.38. The molecule has 2 aromatic rings. The van der Waals surface area contributed by atoms with Crippen molar-refractivity contribution in [2.75, 3.05) is 47.4 Å². The minimum atomic E-state index is -3.78. The highest BCUT2D eigenvalue weighted by Gasteiger charge is 2.33. The molecular formula is C19H21N5O4S. The maximum Gasteiger partial charge on any atom is 0.262 e. The molecular weight excluding hydrogens is 394 g/mol. The quantitative estimate of drug-likeness (QED) is 0.793. The van der Waals surface area contributed by atoms with Crippen molar-refractivity contribution in [2.24, 2.45) is 0 Å². The number of nitrogens with zero attached hydrogens (tertiary/aromatic N) is 4. The number of hydrogen-bond donors (Lipinski definition) is 1. The number of hydrogen-bond acceptors (Lipinski definition) is 7. The van der Waals surface area contributed by atoms with Gasteiger partial charge in [-0.15, -0.1) is 0 Å². The number of anilines is 3. The van der Waals surface area contributed by atoms with Crippen LogP contribution in [0.2, 0.25) is 0 Å². The number of morpholine rings is 1. The molecule has 0 bridgehead atoms. The van der Waals surface area contributed by atoms with Crippen LogP contribution in [-0.2, 0) is 32.4 Å². The Balaban J connectivity index is 1.39. The third-order valence-corrected chi connectivity index (χ3v) is 6.88. The van der Waals surface area contributed by atoms with E-state index in [1.54, 1.807) is 17.0 Å². The number of rotatable bonds is 4. The topological polar surface area (TPSA) is 105 Å². The van der Waals surface area contributed by atoms with E-state index in [2.05, 4.69) is 14.7 Å². The van der Waals surface area contributed by atoms with E-state index in [1.165, 1.54) is 12.4 Å². The summed E-state index contributed by atoms with van der Waals surface area (Å²) in [7, 11) is -3.78. The van der Waals surface area contributed by atoms with Crippen LogP contribution in [0.1, 0.15) is 17.5 Å². The molecule has 29 heavy (non-hydrogen) atoms. The molecule has 152 valence electrons. The highest BCUT2D eigenvalue weighted by atomic mass is 32.2. The third kappa shape index (κ3) is 3.32. The van der Waals surface area contributed by atoms with Crippen molar-refractivity contribution >= 4 is 33.3 Å². The summed E-state index contributed by atoms with van der Waals surface area (Å²) in [5, 5.41) is 0. The summed E-state index contributed by atoms with van der Waals surface area (Å²) >= 11 is 0. The van der Waals surface area contributed by atoms with Crippen molar-refractivity contribution in [3.63, 3.8) is 0 Å². The lowest BCUT2D eigenvalue weighted by atomic mass is 10.00. The fourth-order valence-electron chi connectivity index (χ4n) is 4.10. The van der Waals surface area contributed by atoms with Crippen LogP contribution in [0.25, 0.3) is 0 Å². The second-order valence-corrected chi connectivity index (χ2v) is 9.04. The molecule has 1 aromatic heterocycles. The van der Waals surface area contributed by atoms with Gasteiger partial charge in [0.1, 0.15) is 0 Å². The van der Waals surface area contributed by atoms with Gasteiger partial charge in [0.15, 0.2) is 0 Å². The van der Waals surface area contributed by atoms with Gasteiger partial charge in [-0.05, 0) is 36.1 Å². The zero-order valence-corrected chi connectivity index (χ0v) is 16.6. The standard InChI is InChI=1S/C19H21N5O4S/c25-17-2-1-13-9-16(10-14-3-4-24(17)18(13)14)29(26,27)22-15-11-20-19(21-12-15)23-5-7-28-8-6-23/h9-12,22H,1-8H2. The molecule has 10 heteroatoms. The van der Waals surface area contributed by atoms with Gasteiger partial charge in [0.25, 0.3) is 10.0 Å². The second kappa shape index (κ2) is 6.96. The molecule has 1 aromatic carbocycles. The van der Waals surface area contributed by atoms with E-state index in [4.69, 9.17) is 4.74 Å². The van der Waals surface area contributed by atoms with E-state index < -0.39 is 10.0 Å². The maximum atomic E-state index is 12.9. The Hall–Kier alpha value is -2.72. The van der Waals surface area contributed by atoms with Gasteiger partial charge >= 0.3 is 0 Å². The molecule has 0 spiro atoms. The van der Waals surface area contributed by atoms with Gasteiger partial charge in [0.2, 0.25) is 11.9 Å². The Labute approximate surface area is 168 Å². The Morgan fingerprint density at radius 2 is 1.66 bits per heavy atom. The molecule has 0 unspecified atom stereocenters. The molecule has 0 radical (unpaired) electrons. The van der Waals surface area contributed by atoms with Gasteiger partial charge in [0, 0.05) is 26.1 Å². The number of carbonyl (C=O) groups excluding carboxylic acids is 1. The molecule has 1 saturated heterocycles. The molecule has 0 saturated carbocycles. The van der Waals surface area contributed by atoms with Gasteiger partial charge < -0.3 is 14.5 Å². The Morgan fingerprint density at radius 1 is 0.966 bits per heavy atom. The summed E-state index contributed by atoms with van der Waals surface area (Å²) in [6.07, 6.45) is 4.62. The van der Waals surface area contributed by atoms with Gasteiger partial charge in [-0.3, -0.25) is 9.52 Å². The lowest BCUT2D eigenvalue weighted by molar-refractivity contribution is -0.118. The summed E-state index contributed by atoms with van der Waals surface area (Å²) in [5.41, 5.74) is 3.04. The Kier molecular flexibility index (Phi) is 4.39. The third-order valence-electron chi connectivity index (χ3n) is 5.52. The lowest BCUT2D eigenvalue weighted by Gasteiger charge is -2.26. The molecule has 4 heterocycles. The van der Waals surface area contributed by atoms with Crippen molar-refractivity contribution in [3.8, 4) is 0 Å². The van der Waals surface area contributed by atoms with Crippen LogP contribution in [0.5, 0.6) is 0 Å². The van der Waals surface area contributed by atoms with Crippen LogP contribution in [0.4, 0.5) is 17.3 Å². The van der Waals surface area contributed by atoms with Gasteiger partial charge in [-0.2, -0.15) is 0 Å². The first-order valence-corrected chi connectivity index (χ1v) is 11.1. The molecule has 0 aliphatic carbocycles. The smallest absolute Gasteiger partial charge is 0.262 e. The number of sulfonamides is 1. The second-order valence-electron chi connectivity index (χ2n) is 7.36. The SMILES string of the molecule is O=C1CCc2cc(S(=O)(=O)Nc3cnc(N4CCOCC4)nc3)cc3c2N1CC3. The number of amides is 1. The average Bonchev–Trinajstić information content (AvgIpc) is 3.17. The van der Waals surface area contributed by atoms with Crippen molar-refractivity contribution in [1.82, 2.24) is 9.97 Å². The lowest BCUT2D eigenvalue weighted by Crippen LogP contribution is -2.37. The maximum absolute atomic E-state index is 12.9. The van der Waals surface area contributed by atoms with Crippen molar-refractivity contribution in [1.29, 1.82) is 0 Å². The van der Waals surface area contributed by atoms with E-state index in [1.807, 2.05) is 4.90 Å². The van der Waals surface area contributed by atoms with E-state index in [0.29, 0.717) is 63.7 Å². The van der Waals surface area contributed by atoms with E-state index >= 15 is 0 Å². The summed E-state index contributed by atoms with van der Waals surface area (Å²) < 4.78 is 33.8. The Morgan fingerprint density at radius 3 is 2.38 bits per heavy atom. The summed E-state index contributed by atoms with van der Waals surface area (Å²) in [6, 6.07) is 3.34. The van der Waals surface area contributed by atoms with Crippen LogP contribution in [0.15, 0.2) is 29.4 Å². The number of ether oxygens (including phenoxy) is 1. The highest BCUT2D eigenvalue weighted by molar-refractivity contribution is 7.92. The number of carbonyl (C=O) groups is 1. The molecule has 0 atom stereocenters. The largest absolute Gasteiger partial charge is 0.378 e. The summed E-state index contributed by atoms with van der Waals surface area (Å²) in [6.45, 7) is 3.29. The summed E-state index contributed by atoms with van der Waals surface area (Å²) in [4.78, 5) is 24.6. The molecule has 1 N–H and O–H groups in total. The van der Waals surface area contributed by atoms with Crippen LogP contribution >= 0.6 is 0 Å². The zero-order chi connectivity index (χ0) is 20.0. The van der Waals surface area contributed by atoms with Crippen molar-refractivity contribution in [3.05, 3.63) is 35.7 Å². The predicted octanol–water partition coefficient (Wildman–Crippen LogP) is 0.949. The first-order chi connectivity index (χ1) is 14.0. The molecule has 3 aliphatic rings. The average molecular weight is 415 g/mol. The van der Waals surface area contributed by atoms with E-state index in [9.17, 15) is 13.2 Å². The zero-order valence-electron chi connectivity index (χ0n) is 15.8. The van der Waals surface area contributed by atoms with Crippen molar-refractivity contribution in [2.45, 2.75) is 24.2 Å². The number of aromatic nitrogens is 2. The molecule has 5 rings (SSSR count). The molecule has 1 fully saturated rings. The first kappa shape index (κ1) is 18.3. The number of benzene rings is 1. The van der Waals surface area contributed by atoms with Crippen LogP contribution < -0.4 is 14.5 Å². The monoisotopic (exact) mass is 415 g/mol. The Bertz CT molecular complexity index is 1060. The fourth-order valence-corrected chi connectivity index (χ4v) is 5.22. The van der Waals surface area contributed by atoms with Gasteiger partial charge in [-0.25, -0.2) is 18.4 Å². The van der Waals surface area contributed by atoms with Crippen LogP contribution in [0, 0.1) is 0 Å². The van der Waals surface area contributed by atoms with E-state index in [-0.39, 0.29) is 10.8 Å². The predicted molar refractivity (Wildman–Crippen MR) is 107 cm³/mol. The first-order valence-electron chi connectivity index (χ1n) is 9.65. The minimum absolute atomic E-state index is 0.113. The summed E-state index contributed by atoms with van der Waals surface area (Å²) in [5.74, 6) is 0.672. The van der Waals surface area contributed by atoms with E-state index in [0.717, 1.165) is 16.8 Å². The minimum Gasteiger partial charge on any atom is -0.378 e.